The van der Waals surface area contributed by atoms with E-state index in [0.717, 1.165) is 30.0 Å². The molecule has 0 radical (unpaired) electrons. The fourth-order valence-electron chi connectivity index (χ4n) is 5.39. The Morgan fingerprint density at radius 3 is 2.35 bits per heavy atom. The number of aromatic nitrogens is 2. The Balaban J connectivity index is 1.45. The topological polar surface area (TPSA) is 135 Å². The molecule has 4 N–H and O–H groups in total. The Hall–Kier alpha value is -5.22. The Bertz CT molecular complexity index is 1890. The first kappa shape index (κ1) is 35.1. The average Bonchev–Trinajstić information content (AvgIpc) is 3.76. The first-order chi connectivity index (χ1) is 23.1. The summed E-state index contributed by atoms with van der Waals surface area (Å²) in [5.41, 5.74) is 5.25. The number of carbonyl (C=O) groups excluding carboxylic acids is 2. The molecule has 1 fully saturated rings. The van der Waals surface area contributed by atoms with Gasteiger partial charge in [-0.1, -0.05) is 43.2 Å². The molecular formula is C36H36F4N6O3. The first-order valence-electron chi connectivity index (χ1n) is 15.7. The smallest absolute Gasteiger partial charge is 0.435 e. The number of benzene rings is 3. The predicted octanol–water partition coefficient (Wildman–Crippen LogP) is 7.57. The molecule has 1 aliphatic carbocycles. The van der Waals surface area contributed by atoms with Gasteiger partial charge in [-0.25, -0.2) is 13.9 Å². The van der Waals surface area contributed by atoms with Crippen LogP contribution in [0.1, 0.15) is 84.9 Å². The second-order valence-electron chi connectivity index (χ2n) is 13.1. The van der Waals surface area contributed by atoms with Gasteiger partial charge in [0.15, 0.2) is 5.69 Å². The zero-order valence-corrected chi connectivity index (χ0v) is 27.2. The minimum Gasteiger partial charge on any atom is -0.444 e. The Kier molecular flexibility index (Phi) is 9.83. The van der Waals surface area contributed by atoms with Crippen LogP contribution in [0.3, 0.4) is 0 Å². The molecule has 3 aromatic carbocycles. The lowest BCUT2D eigenvalue weighted by molar-refractivity contribution is -0.141. The van der Waals surface area contributed by atoms with Crippen LogP contribution in [0.4, 0.5) is 28.0 Å². The highest BCUT2D eigenvalue weighted by Crippen LogP contribution is 2.40. The summed E-state index contributed by atoms with van der Waals surface area (Å²) in [4.78, 5) is 25.7. The lowest BCUT2D eigenvalue weighted by atomic mass is 9.79. The number of alkyl carbamates (subject to hydrolysis) is 1. The maximum Gasteiger partial charge on any atom is 0.435 e. The van der Waals surface area contributed by atoms with Gasteiger partial charge in [0.25, 0.3) is 5.91 Å². The predicted molar refractivity (Wildman–Crippen MR) is 174 cm³/mol. The van der Waals surface area contributed by atoms with Gasteiger partial charge in [-0.05, 0) is 92.6 Å². The minimum absolute atomic E-state index is 0.0174. The molecule has 2 amide bonds. The first-order valence-corrected chi connectivity index (χ1v) is 15.7. The number of nitrogens with one attached hydrogen (secondary N) is 2. The van der Waals surface area contributed by atoms with Crippen LogP contribution in [0.2, 0.25) is 0 Å². The maximum absolute atomic E-state index is 15.2. The van der Waals surface area contributed by atoms with E-state index in [2.05, 4.69) is 21.8 Å². The van der Waals surface area contributed by atoms with Gasteiger partial charge in [0, 0.05) is 12.6 Å². The number of hydrogen-bond acceptors (Lipinski definition) is 6. The molecule has 256 valence electrons. The molecule has 1 saturated carbocycles. The van der Waals surface area contributed by atoms with Gasteiger partial charge in [0.1, 0.15) is 17.1 Å². The molecule has 1 aliphatic rings. The molecule has 5 rings (SSSR count). The molecular weight excluding hydrogens is 640 g/mol. The van der Waals surface area contributed by atoms with Crippen molar-refractivity contribution in [1.82, 2.24) is 15.1 Å². The summed E-state index contributed by atoms with van der Waals surface area (Å²) in [7, 11) is 0. The number of hydrogen-bond donors (Lipinski definition) is 3. The van der Waals surface area contributed by atoms with Gasteiger partial charge < -0.3 is 21.1 Å². The average molecular weight is 677 g/mol. The van der Waals surface area contributed by atoms with Crippen molar-refractivity contribution in [3.8, 4) is 11.8 Å². The second-order valence-corrected chi connectivity index (χ2v) is 13.1. The van der Waals surface area contributed by atoms with Crippen LogP contribution in [-0.2, 0) is 23.0 Å². The zero-order chi connectivity index (χ0) is 35.6. The lowest BCUT2D eigenvalue weighted by Gasteiger charge is -2.31. The van der Waals surface area contributed by atoms with E-state index >= 15 is 4.39 Å². The van der Waals surface area contributed by atoms with Crippen LogP contribution >= 0.6 is 0 Å². The second kappa shape index (κ2) is 13.7. The fraction of sp³-hybridized carbons (Fsp3) is 0.333. The summed E-state index contributed by atoms with van der Waals surface area (Å²) in [6.45, 7) is 5.09. The number of alkyl halides is 3. The van der Waals surface area contributed by atoms with Crippen LogP contribution in [0.5, 0.6) is 0 Å². The van der Waals surface area contributed by atoms with Crippen LogP contribution in [0, 0.1) is 23.1 Å². The van der Waals surface area contributed by atoms with E-state index in [-0.39, 0.29) is 17.9 Å². The van der Waals surface area contributed by atoms with Crippen molar-refractivity contribution in [2.24, 2.45) is 11.7 Å². The van der Waals surface area contributed by atoms with E-state index in [1.165, 1.54) is 30.3 Å². The van der Waals surface area contributed by atoms with E-state index in [1.54, 1.807) is 51.1 Å². The Morgan fingerprint density at radius 1 is 1.02 bits per heavy atom. The van der Waals surface area contributed by atoms with Crippen LogP contribution < -0.4 is 16.4 Å². The van der Waals surface area contributed by atoms with Crippen molar-refractivity contribution in [1.29, 1.82) is 5.26 Å². The molecule has 1 aromatic heterocycles. The van der Waals surface area contributed by atoms with Crippen molar-refractivity contribution >= 4 is 17.7 Å². The van der Waals surface area contributed by atoms with Crippen molar-refractivity contribution in [3.05, 3.63) is 112 Å². The van der Waals surface area contributed by atoms with Crippen molar-refractivity contribution < 1.29 is 31.9 Å². The number of halogens is 4. The molecule has 9 nitrogen and oxygen atoms in total. The van der Waals surface area contributed by atoms with Crippen LogP contribution in [0.15, 0.2) is 72.8 Å². The van der Waals surface area contributed by atoms with Crippen molar-refractivity contribution in [3.63, 3.8) is 0 Å². The summed E-state index contributed by atoms with van der Waals surface area (Å²) < 4.78 is 62.8. The van der Waals surface area contributed by atoms with E-state index in [1.807, 2.05) is 0 Å². The highest BCUT2D eigenvalue weighted by Gasteiger charge is 2.37. The van der Waals surface area contributed by atoms with Gasteiger partial charge in [0.2, 0.25) is 0 Å². The monoisotopic (exact) mass is 676 g/mol. The highest BCUT2D eigenvalue weighted by atomic mass is 19.4. The molecule has 0 bridgehead atoms. The summed E-state index contributed by atoms with van der Waals surface area (Å²) >= 11 is 0. The van der Waals surface area contributed by atoms with Gasteiger partial charge in [0.05, 0.1) is 28.5 Å². The number of nitrogens with two attached hydrogens (primary N) is 1. The number of amides is 2. The summed E-state index contributed by atoms with van der Waals surface area (Å²) in [6.07, 6.45) is -2.09. The Labute approximate surface area is 281 Å². The largest absolute Gasteiger partial charge is 0.444 e. The molecule has 1 atom stereocenters. The highest BCUT2D eigenvalue weighted by molar-refractivity contribution is 6.03. The third-order valence-electron chi connectivity index (χ3n) is 8.13. The normalized spacial score (nSPS) is 14.4. The number of rotatable bonds is 10. The van der Waals surface area contributed by atoms with Crippen LogP contribution in [-0.4, -0.2) is 27.4 Å². The quantitative estimate of drug-likeness (QED) is 0.148. The van der Waals surface area contributed by atoms with Gasteiger partial charge in [-0.2, -0.15) is 23.5 Å². The third kappa shape index (κ3) is 8.63. The zero-order valence-electron chi connectivity index (χ0n) is 27.2. The molecule has 0 aliphatic heterocycles. The van der Waals surface area contributed by atoms with Gasteiger partial charge >= 0.3 is 12.3 Å². The molecule has 0 saturated heterocycles. The van der Waals surface area contributed by atoms with E-state index in [4.69, 9.17) is 10.5 Å². The summed E-state index contributed by atoms with van der Waals surface area (Å²) in [5.74, 6) is -1.34. The number of nitrogens with zero attached hydrogens (tertiary/aromatic N) is 3. The number of anilines is 1. The van der Waals surface area contributed by atoms with Gasteiger partial charge in [-0.15, -0.1) is 0 Å². The molecule has 49 heavy (non-hydrogen) atoms. The van der Waals surface area contributed by atoms with Crippen LogP contribution in [0.25, 0.3) is 5.69 Å². The maximum atomic E-state index is 15.2. The fourth-order valence-corrected chi connectivity index (χ4v) is 5.39. The molecule has 1 unspecified atom stereocenters. The van der Waals surface area contributed by atoms with E-state index in [0.29, 0.717) is 40.7 Å². The number of nitriles is 1. The molecule has 1 heterocycles. The van der Waals surface area contributed by atoms with Gasteiger partial charge in [-0.3, -0.25) is 4.79 Å². The van der Waals surface area contributed by atoms with Crippen molar-refractivity contribution in [2.45, 2.75) is 70.3 Å². The molecule has 0 spiro atoms. The van der Waals surface area contributed by atoms with Crippen molar-refractivity contribution in [2.75, 3.05) is 5.32 Å². The molecule has 4 aromatic rings. The minimum atomic E-state index is -4.89. The van der Waals surface area contributed by atoms with E-state index < -0.39 is 46.5 Å². The molecule has 13 heteroatoms. The Morgan fingerprint density at radius 2 is 1.71 bits per heavy atom. The van der Waals surface area contributed by atoms with E-state index in [9.17, 15) is 28.0 Å². The SMILES string of the molecule is CC(C)(C)OC(=O)NCc1cccc(-n2nc(C(F)(F)F)cc2C(=O)Nc2cc(C(N)(CCC3CC3)c3ccc(C#N)cc3)ccc2F)c1. The lowest BCUT2D eigenvalue weighted by Crippen LogP contribution is -2.38. The summed E-state index contributed by atoms with van der Waals surface area (Å²) in [6, 6.07) is 19.5. The summed E-state index contributed by atoms with van der Waals surface area (Å²) in [5, 5.41) is 17.9. The number of ether oxygens (including phenoxy) is 1. The third-order valence-corrected chi connectivity index (χ3v) is 8.13. The standard InChI is InChI=1S/C36H36F4N6O3/c1-34(2,3)49-33(48)43-21-24-5-4-6-27(17-24)46-30(19-31(45-46)36(38,39)40)32(47)44-29-18-26(13-14-28(29)37)35(42,16-15-22-7-8-22)25-11-9-23(20-41)10-12-25/h4-6,9-14,17-19,22H,7-8,15-16,21,42H2,1-3H3,(H,43,48)(H,44,47). The number of carbonyl (C=O) groups is 2.